The number of aromatic nitrogens is 5. The van der Waals surface area contributed by atoms with Gasteiger partial charge < -0.3 is 11.1 Å². The van der Waals surface area contributed by atoms with Gasteiger partial charge in [-0.25, -0.2) is 28.2 Å². The summed E-state index contributed by atoms with van der Waals surface area (Å²) in [6, 6.07) is 7.95. The number of nitrogens with one attached hydrogen (secondary N) is 1. The molecule has 3 heterocycles. The molecule has 0 saturated carbocycles. The summed E-state index contributed by atoms with van der Waals surface area (Å²) in [7, 11) is 0. The molecule has 1 atom stereocenters. The fraction of sp³-hybridized carbons (Fsp3) is 0.105. The third kappa shape index (κ3) is 3.41. The molecule has 3 aromatic heterocycles. The summed E-state index contributed by atoms with van der Waals surface area (Å²) in [6.45, 7) is 1.69. The maximum Gasteiger partial charge on any atom is 0.234 e. The van der Waals surface area contributed by atoms with Gasteiger partial charge in [0, 0.05) is 34.4 Å². The Bertz CT molecular complexity index is 1280. The van der Waals surface area contributed by atoms with Gasteiger partial charge in [-0.1, -0.05) is 6.07 Å². The maximum atomic E-state index is 14.1. The van der Waals surface area contributed by atoms with Crippen molar-refractivity contribution in [2.75, 3.05) is 11.1 Å². The third-order valence-corrected chi connectivity index (χ3v) is 4.30. The molecular weight excluding hydrogens is 378 g/mol. The van der Waals surface area contributed by atoms with Gasteiger partial charge in [-0.05, 0) is 19.1 Å². The predicted octanol–water partition coefficient (Wildman–Crippen LogP) is 3.83. The van der Waals surface area contributed by atoms with Crippen LogP contribution in [0.25, 0.3) is 16.9 Å². The molecule has 10 heteroatoms. The highest BCUT2D eigenvalue weighted by Gasteiger charge is 2.18. The lowest BCUT2D eigenvalue weighted by Gasteiger charge is -2.16. The zero-order chi connectivity index (χ0) is 20.5. The van der Waals surface area contributed by atoms with Crippen molar-refractivity contribution in [3.8, 4) is 17.3 Å². The van der Waals surface area contributed by atoms with Crippen LogP contribution in [0.1, 0.15) is 28.6 Å². The van der Waals surface area contributed by atoms with Gasteiger partial charge in [-0.3, -0.25) is 0 Å². The molecule has 0 bridgehead atoms. The van der Waals surface area contributed by atoms with E-state index in [0.717, 1.165) is 6.07 Å². The van der Waals surface area contributed by atoms with E-state index < -0.39 is 17.7 Å². The number of nitrogens with two attached hydrogens (primary N) is 1. The number of nitriles is 1. The van der Waals surface area contributed by atoms with Gasteiger partial charge in [0.1, 0.15) is 23.5 Å². The second kappa shape index (κ2) is 7.12. The normalized spacial score (nSPS) is 11.9. The molecule has 1 aromatic carbocycles. The Balaban J connectivity index is 0.00000171. The number of nitrogen functional groups attached to an aromatic ring is 1. The van der Waals surface area contributed by atoms with E-state index in [1.165, 1.54) is 16.6 Å². The highest BCUT2D eigenvalue weighted by atomic mass is 19.1. The number of rotatable bonds is 4. The highest BCUT2D eigenvalue weighted by Crippen LogP contribution is 2.30. The molecule has 0 aliphatic rings. The molecule has 4 rings (SSSR count). The fourth-order valence-electron chi connectivity index (χ4n) is 3.00. The van der Waals surface area contributed by atoms with E-state index in [4.69, 9.17) is 5.73 Å². The Kier molecular flexibility index (Phi) is 4.48. The topological polar surface area (TPSA) is 118 Å². The number of hydrogen-bond acceptors (Lipinski definition) is 7. The maximum absolute atomic E-state index is 14.1. The zero-order valence-electron chi connectivity index (χ0n) is 15.1. The summed E-state index contributed by atoms with van der Waals surface area (Å²) < 4.78 is 28.7. The van der Waals surface area contributed by atoms with Crippen LogP contribution >= 0.6 is 0 Å². The van der Waals surface area contributed by atoms with E-state index in [9.17, 15) is 14.0 Å². The highest BCUT2D eigenvalue weighted by molar-refractivity contribution is 5.85. The zero-order valence-corrected chi connectivity index (χ0v) is 15.1. The lowest BCUT2D eigenvalue weighted by Crippen LogP contribution is -2.11. The molecule has 0 aliphatic carbocycles. The lowest BCUT2D eigenvalue weighted by atomic mass is 10.1. The lowest BCUT2D eigenvalue weighted by molar-refractivity contribution is 0.566. The molecule has 8 nitrogen and oxygen atoms in total. The van der Waals surface area contributed by atoms with Crippen LogP contribution in [0.2, 0.25) is 0 Å². The minimum Gasteiger partial charge on any atom is -0.382 e. The van der Waals surface area contributed by atoms with Gasteiger partial charge in [0.2, 0.25) is 5.82 Å². The molecule has 4 aromatic rings. The Hall–Kier alpha value is -4.13. The molecule has 3 N–H and O–H groups in total. The number of benzene rings is 1. The molecule has 0 fully saturated rings. The predicted molar refractivity (Wildman–Crippen MR) is 108 cm³/mol. The first-order valence-electron chi connectivity index (χ1n) is 8.56. The second-order valence-corrected chi connectivity index (χ2v) is 6.25. The van der Waals surface area contributed by atoms with Crippen LogP contribution in [0.4, 0.5) is 20.4 Å². The van der Waals surface area contributed by atoms with Gasteiger partial charge >= 0.3 is 0 Å². The minimum absolute atomic E-state index is 0. The number of anilines is 2. The van der Waals surface area contributed by atoms with Crippen LogP contribution in [0.5, 0.6) is 0 Å². The third-order valence-electron chi connectivity index (χ3n) is 4.30. The SMILES string of the molecule is C[C@H](Nc1cc(-c2c(N)nn3cccnc23)nc(C#N)n1)c1ccc(F)cc1F.[HH].[HH].[HH]. The minimum atomic E-state index is -0.684. The van der Waals surface area contributed by atoms with E-state index >= 15 is 0 Å². The number of fused-ring (bicyclic) bond motifs is 1. The number of hydrogen-bond donors (Lipinski definition) is 2. The molecule has 0 amide bonds. The number of halogens is 2. The monoisotopic (exact) mass is 398 g/mol. The van der Waals surface area contributed by atoms with Crippen molar-refractivity contribution in [1.29, 1.82) is 5.26 Å². The smallest absolute Gasteiger partial charge is 0.234 e. The Morgan fingerprint density at radius 3 is 2.86 bits per heavy atom. The summed E-state index contributed by atoms with van der Waals surface area (Å²) >= 11 is 0. The van der Waals surface area contributed by atoms with Crippen LogP contribution in [-0.4, -0.2) is 24.6 Å². The average molecular weight is 398 g/mol. The number of nitrogens with zero attached hydrogens (tertiary/aromatic N) is 6. The quantitative estimate of drug-likeness (QED) is 0.536. The molecule has 0 saturated heterocycles. The standard InChI is InChI=1S/C19H14F2N8.3H2/c1-10(12-4-3-11(20)7-13(12)21)25-15-8-14(26-16(9-22)27-15)17-18(23)28-29-6-2-5-24-19(17)29;;;/h2-8,10H,1H3,(H2,23,28)(H,25,26,27);3*1H/t10-;;;/m0.../s1. The Morgan fingerprint density at radius 2 is 2.10 bits per heavy atom. The van der Waals surface area contributed by atoms with Crippen LogP contribution in [0, 0.1) is 23.0 Å². The van der Waals surface area contributed by atoms with Crippen molar-refractivity contribution in [3.63, 3.8) is 0 Å². The molecule has 0 spiro atoms. The van der Waals surface area contributed by atoms with Gasteiger partial charge in [0.25, 0.3) is 0 Å². The van der Waals surface area contributed by atoms with E-state index in [1.54, 1.807) is 31.5 Å². The van der Waals surface area contributed by atoms with Crippen molar-refractivity contribution >= 4 is 17.3 Å². The van der Waals surface area contributed by atoms with Crippen molar-refractivity contribution < 1.29 is 13.1 Å². The molecule has 0 aliphatic heterocycles. The first kappa shape index (κ1) is 18.2. The Labute approximate surface area is 168 Å². The van der Waals surface area contributed by atoms with E-state index in [0.29, 0.717) is 16.9 Å². The van der Waals surface area contributed by atoms with Crippen molar-refractivity contribution in [2.24, 2.45) is 0 Å². The molecule has 0 unspecified atom stereocenters. The molecule has 0 radical (unpaired) electrons. The fourth-order valence-corrected chi connectivity index (χ4v) is 3.00. The molecule has 29 heavy (non-hydrogen) atoms. The average Bonchev–Trinajstić information content (AvgIpc) is 3.03. The van der Waals surface area contributed by atoms with E-state index in [-0.39, 0.29) is 27.3 Å². The second-order valence-electron chi connectivity index (χ2n) is 6.25. The van der Waals surface area contributed by atoms with Gasteiger partial charge in [-0.15, -0.1) is 5.10 Å². The van der Waals surface area contributed by atoms with Crippen molar-refractivity contribution in [2.45, 2.75) is 13.0 Å². The summed E-state index contributed by atoms with van der Waals surface area (Å²) in [5, 5.41) is 16.5. The van der Waals surface area contributed by atoms with Gasteiger partial charge in [-0.2, -0.15) is 5.26 Å². The van der Waals surface area contributed by atoms with E-state index in [1.807, 2.05) is 6.07 Å². The summed E-state index contributed by atoms with van der Waals surface area (Å²) in [6.07, 6.45) is 3.28. The Morgan fingerprint density at radius 1 is 1.28 bits per heavy atom. The summed E-state index contributed by atoms with van der Waals surface area (Å²) in [4.78, 5) is 12.6. The van der Waals surface area contributed by atoms with Crippen LogP contribution in [0.15, 0.2) is 42.7 Å². The molecular formula is C19H20F2N8. The largest absolute Gasteiger partial charge is 0.382 e. The van der Waals surface area contributed by atoms with Gasteiger partial charge in [0.15, 0.2) is 11.5 Å². The van der Waals surface area contributed by atoms with E-state index in [2.05, 4.69) is 25.4 Å². The van der Waals surface area contributed by atoms with Crippen LogP contribution in [0.3, 0.4) is 0 Å². The van der Waals surface area contributed by atoms with Crippen LogP contribution in [-0.2, 0) is 0 Å². The van der Waals surface area contributed by atoms with Crippen molar-refractivity contribution in [1.82, 2.24) is 24.6 Å². The first-order valence-corrected chi connectivity index (χ1v) is 8.56. The van der Waals surface area contributed by atoms with Crippen molar-refractivity contribution in [3.05, 3.63) is 65.7 Å². The van der Waals surface area contributed by atoms with Crippen LogP contribution < -0.4 is 11.1 Å². The summed E-state index contributed by atoms with van der Waals surface area (Å²) in [5.74, 6) is -0.986. The van der Waals surface area contributed by atoms with Gasteiger partial charge in [0.05, 0.1) is 17.3 Å². The molecule has 150 valence electrons. The first-order chi connectivity index (χ1) is 14.0. The summed E-state index contributed by atoms with van der Waals surface area (Å²) in [5.41, 5.74) is 7.55.